The van der Waals surface area contributed by atoms with Crippen molar-refractivity contribution < 1.29 is 49.4 Å². The third-order valence-corrected chi connectivity index (χ3v) is 27.9. The third-order valence-electron chi connectivity index (χ3n) is 7.37. The molecule has 0 aromatic heterocycles. The van der Waals surface area contributed by atoms with Gasteiger partial charge in [0, 0.05) is 10.4 Å². The van der Waals surface area contributed by atoms with Gasteiger partial charge in [-0.15, -0.1) is 0 Å². The molecule has 4 aromatic rings. The summed E-state index contributed by atoms with van der Waals surface area (Å²) >= 11 is 0. The molecule has 6 aliphatic heterocycles. The molecule has 6 aliphatic rings. The van der Waals surface area contributed by atoms with E-state index in [1.807, 2.05) is 133 Å². The highest BCUT2D eigenvalue weighted by atomic mass is 28.6. The minimum Gasteiger partial charge on any atom is -0.369 e. The zero-order chi connectivity index (χ0) is 32.0. The fourth-order valence-electron chi connectivity index (χ4n) is 5.06. The summed E-state index contributed by atoms with van der Waals surface area (Å²) in [4.78, 5) is 0. The lowest BCUT2D eigenvalue weighted by Crippen LogP contribution is -2.80. The summed E-state index contributed by atoms with van der Waals surface area (Å²) in [5, 5.41) is 1.28. The number of hydrogen-bond donors (Lipinski definition) is 0. The van der Waals surface area contributed by atoms with Crippen molar-refractivity contribution in [2.75, 3.05) is 0 Å². The topological polar surface area (TPSA) is 111 Å². The Morgan fingerprint density at radius 3 is 0.979 bits per heavy atom. The van der Waals surface area contributed by atoms with E-state index in [0.29, 0.717) is 10.4 Å². The maximum Gasteiger partial charge on any atom is 0.553 e. The van der Waals surface area contributed by atoms with E-state index in [9.17, 15) is 0 Å². The van der Waals surface area contributed by atoms with Gasteiger partial charge in [-0.2, -0.15) is 0 Å². The lowest BCUT2D eigenvalue weighted by Gasteiger charge is -2.49. The van der Waals surface area contributed by atoms with Gasteiger partial charge in [0.2, 0.25) is 0 Å². The van der Waals surface area contributed by atoms with Crippen LogP contribution < -0.4 is 10.4 Å². The summed E-state index contributed by atoms with van der Waals surface area (Å²) in [6.07, 6.45) is 8.16. The van der Waals surface area contributed by atoms with Gasteiger partial charge in [-0.25, -0.2) is 0 Å². The van der Waals surface area contributed by atoms with Crippen LogP contribution in [-0.4, -0.2) is 74.8 Å². The van der Waals surface area contributed by atoms with Crippen LogP contribution in [0.3, 0.4) is 0 Å². The molecule has 48 heavy (non-hydrogen) atoms. The lowest BCUT2D eigenvalue weighted by molar-refractivity contribution is 0.0289. The highest BCUT2D eigenvalue weighted by Crippen LogP contribution is 2.34. The van der Waals surface area contributed by atoms with Crippen molar-refractivity contribution in [3.63, 3.8) is 0 Å². The molecule has 238 valence electrons. The van der Waals surface area contributed by atoms with E-state index in [0.717, 1.165) is 22.3 Å². The van der Waals surface area contributed by atoms with E-state index >= 15 is 0 Å². The Balaban J connectivity index is 1.11. The molecule has 0 N–H and O–H groups in total. The Morgan fingerprint density at radius 1 is 0.333 bits per heavy atom. The fraction of sp³-hybridized carbons (Fsp3) is 0. The van der Waals surface area contributed by atoms with Crippen LogP contribution in [-0.2, 0) is 49.4 Å². The first-order valence-corrected chi connectivity index (χ1v) is 25.5. The summed E-state index contributed by atoms with van der Waals surface area (Å²) in [5.74, 6) is 0. The summed E-state index contributed by atoms with van der Waals surface area (Å²) in [6, 6.07) is 35.6. The van der Waals surface area contributed by atoms with Crippen molar-refractivity contribution >= 4 is 109 Å². The molecule has 12 nitrogen and oxygen atoms in total. The average molecular weight is 775 g/mol. The molecule has 8 bridgehead atoms. The smallest absolute Gasteiger partial charge is 0.369 e. The van der Waals surface area contributed by atoms with Gasteiger partial charge in [0.05, 0.1) is 0 Å². The highest BCUT2D eigenvalue weighted by molar-refractivity contribution is 6.98. The van der Waals surface area contributed by atoms with Crippen molar-refractivity contribution in [1.82, 2.24) is 0 Å². The minimum absolute atomic E-state index is 0.638. The van der Waals surface area contributed by atoms with Gasteiger partial charge in [-0.05, 0) is 22.3 Å². The van der Waals surface area contributed by atoms with Crippen LogP contribution in [0.15, 0.2) is 109 Å². The van der Waals surface area contributed by atoms with Crippen LogP contribution in [0.1, 0.15) is 22.3 Å². The largest absolute Gasteiger partial charge is 0.553 e. The number of rotatable bonds is 6. The van der Waals surface area contributed by atoms with E-state index in [2.05, 4.69) is 0 Å². The molecule has 0 aliphatic carbocycles. The second-order valence-electron chi connectivity index (χ2n) is 10.6. The maximum absolute atomic E-state index is 7.10. The predicted molar refractivity (Wildman–Crippen MR) is 182 cm³/mol. The highest BCUT2D eigenvalue weighted by Gasteiger charge is 2.70. The van der Waals surface area contributed by atoms with Gasteiger partial charge in [0.25, 0.3) is 0 Å². The van der Waals surface area contributed by atoms with E-state index in [1.54, 1.807) is 0 Å². The molecule has 6 fully saturated rings. The second-order valence-corrected chi connectivity index (χ2v) is 26.7. The molecule has 20 heteroatoms. The summed E-state index contributed by atoms with van der Waals surface area (Å²) in [6.45, 7) is 0. The van der Waals surface area contributed by atoms with Crippen LogP contribution in [0.4, 0.5) is 0 Å². The van der Waals surface area contributed by atoms with Crippen LogP contribution in [0.25, 0.3) is 24.3 Å². The van der Waals surface area contributed by atoms with Crippen LogP contribution >= 0.6 is 0 Å². The molecule has 0 amide bonds. The SMILES string of the molecule is C(=C/c1ccc([Si]23O[Si]4O[Si]5O[Si]6O[Si](O4)O[Si](c4ccc(/C=C/c7ccccc7)cc4)(O[Si](O6)O[Si](O5)O2)O3)cc1)/c1ccccc1. The van der Waals surface area contributed by atoms with Crippen LogP contribution in [0.5, 0.6) is 0 Å². The van der Waals surface area contributed by atoms with Crippen molar-refractivity contribution in [1.29, 1.82) is 0 Å². The Morgan fingerprint density at radius 2 is 0.625 bits per heavy atom. The van der Waals surface area contributed by atoms with E-state index in [4.69, 9.17) is 49.4 Å². The maximum atomic E-state index is 7.10. The van der Waals surface area contributed by atoms with Crippen molar-refractivity contribution in [2.45, 2.75) is 0 Å². The minimum atomic E-state index is -4.01. The second kappa shape index (κ2) is 13.4. The number of benzene rings is 4. The van der Waals surface area contributed by atoms with Gasteiger partial charge >= 0.3 is 74.8 Å². The van der Waals surface area contributed by atoms with E-state index < -0.39 is 74.8 Å². The third kappa shape index (κ3) is 6.59. The molecule has 6 heterocycles. The first kappa shape index (κ1) is 31.6. The normalized spacial score (nSPS) is 27.3. The molecule has 4 aromatic carbocycles. The Bertz CT molecular complexity index is 1650. The first-order chi connectivity index (χ1) is 23.6. The summed E-state index contributed by atoms with van der Waals surface area (Å²) in [7, 11) is -23.3. The molecular weight excluding hydrogens is 753 g/mol. The van der Waals surface area contributed by atoms with Crippen LogP contribution in [0, 0.1) is 0 Å². The van der Waals surface area contributed by atoms with Crippen molar-refractivity contribution in [2.24, 2.45) is 0 Å². The van der Waals surface area contributed by atoms with E-state index in [-0.39, 0.29) is 0 Å². The molecule has 10 rings (SSSR count). The zero-order valence-electron chi connectivity index (χ0n) is 24.6. The Hall–Kier alpha value is -2.38. The van der Waals surface area contributed by atoms with Crippen molar-refractivity contribution in [3.05, 3.63) is 131 Å². The molecule has 6 radical (unpaired) electrons. The molecule has 0 unspecified atom stereocenters. The van der Waals surface area contributed by atoms with Gasteiger partial charge in [-0.1, -0.05) is 133 Å². The molecule has 6 saturated heterocycles. The zero-order valence-corrected chi connectivity index (χ0v) is 32.6. The first-order valence-electron chi connectivity index (χ1n) is 14.7. The Kier molecular flexibility index (Phi) is 8.81. The van der Waals surface area contributed by atoms with Crippen molar-refractivity contribution in [3.8, 4) is 0 Å². The van der Waals surface area contributed by atoms with Gasteiger partial charge in [0.15, 0.2) is 0 Å². The number of hydrogen-bond acceptors (Lipinski definition) is 12. The molecule has 0 atom stereocenters. The monoisotopic (exact) mass is 774 g/mol. The Labute approximate surface area is 289 Å². The summed E-state index contributed by atoms with van der Waals surface area (Å²) < 4.78 is 77.0. The lowest BCUT2D eigenvalue weighted by atomic mass is 10.1. The molecule has 0 saturated carbocycles. The average Bonchev–Trinajstić information content (AvgIpc) is 3.06. The van der Waals surface area contributed by atoms with E-state index in [1.165, 1.54) is 0 Å². The molecule has 0 spiro atoms. The fourth-order valence-corrected chi connectivity index (χ4v) is 30.8. The summed E-state index contributed by atoms with van der Waals surface area (Å²) in [5.41, 5.74) is 4.12. The molecular formula is C28H22O12Si8. The van der Waals surface area contributed by atoms with Crippen LogP contribution in [0.2, 0.25) is 0 Å². The quantitative estimate of drug-likeness (QED) is 0.212. The van der Waals surface area contributed by atoms with Gasteiger partial charge < -0.3 is 49.4 Å². The van der Waals surface area contributed by atoms with Gasteiger partial charge in [-0.3, -0.25) is 0 Å². The predicted octanol–water partition coefficient (Wildman–Crippen LogP) is 2.20. The standard InChI is InChI=1S/C28H22O12Si8/c1-3-7-23(8-4-1)11-13-25-15-19-27(20-16-25)47-36-43-30-41-29-42-32-45(34-43)38-48(40-47,39-46(33-42)35-44(31-41)37-47)28-21-17-26(18-22-28)14-12-24-9-5-2-6-10-24/h1-22H/b13-11-,14-12+. The van der Waals surface area contributed by atoms with Gasteiger partial charge in [0.1, 0.15) is 0 Å².